The Labute approximate surface area is 232 Å². The van der Waals surface area contributed by atoms with E-state index in [-0.39, 0.29) is 0 Å². The van der Waals surface area contributed by atoms with Crippen LogP contribution >= 0.6 is 18.7 Å². The highest BCUT2D eigenvalue weighted by molar-refractivity contribution is 7.70. The first kappa shape index (κ1) is 25.8. The molecule has 0 amide bonds. The number of benzene rings is 2. The van der Waals surface area contributed by atoms with Crippen LogP contribution in [0.2, 0.25) is 5.02 Å². The van der Waals surface area contributed by atoms with E-state index in [1.807, 2.05) is 36.4 Å². The lowest BCUT2D eigenvalue weighted by molar-refractivity contribution is 0.188. The molecule has 0 radical (unpaired) electrons. The van der Waals surface area contributed by atoms with Crippen LogP contribution in [0.15, 0.2) is 42.6 Å². The van der Waals surface area contributed by atoms with Crippen molar-refractivity contribution in [2.45, 2.75) is 6.04 Å². The number of ether oxygens (including phenoxy) is 2. The predicted octanol–water partition coefficient (Wildman–Crippen LogP) is 4.87. The van der Waals surface area contributed by atoms with Crippen LogP contribution in [0.1, 0.15) is 0 Å². The van der Waals surface area contributed by atoms with Gasteiger partial charge in [0.2, 0.25) is 5.95 Å². The number of nitrogens with zero attached hydrogens (tertiary/aromatic N) is 4. The molecule has 0 saturated carbocycles. The molecule has 3 N–H and O–H groups in total. The zero-order valence-corrected chi connectivity index (χ0v) is 23.9. The van der Waals surface area contributed by atoms with Crippen LogP contribution in [0.5, 0.6) is 11.5 Å². The van der Waals surface area contributed by atoms with Crippen LogP contribution in [0, 0.1) is 0 Å². The minimum atomic E-state index is -2.55. The number of halogens is 1. The van der Waals surface area contributed by atoms with Gasteiger partial charge >= 0.3 is 0 Å². The van der Waals surface area contributed by atoms with Crippen LogP contribution in [0.25, 0.3) is 11.0 Å². The molecule has 39 heavy (non-hydrogen) atoms. The largest absolute Gasteiger partial charge is 0.494 e. The van der Waals surface area contributed by atoms with Gasteiger partial charge in [-0.25, -0.2) is 0 Å². The van der Waals surface area contributed by atoms with Crippen molar-refractivity contribution < 1.29 is 14.0 Å². The van der Waals surface area contributed by atoms with Crippen molar-refractivity contribution in [3.05, 3.63) is 47.6 Å². The third kappa shape index (κ3) is 4.88. The number of nitrogens with one attached hydrogen (secondary N) is 3. The van der Waals surface area contributed by atoms with Gasteiger partial charge in [-0.3, -0.25) is 0 Å². The molecule has 4 aromatic rings. The summed E-state index contributed by atoms with van der Waals surface area (Å²) < 4.78 is 24.9. The Hall–Kier alpha value is -3.46. The van der Waals surface area contributed by atoms with Gasteiger partial charge in [0, 0.05) is 43.3 Å². The lowest BCUT2D eigenvalue weighted by atomic mass is 10.1. The van der Waals surface area contributed by atoms with Crippen LogP contribution in [0.4, 0.5) is 28.8 Å². The summed E-state index contributed by atoms with van der Waals surface area (Å²) in [4.78, 5) is 17.3. The summed E-state index contributed by atoms with van der Waals surface area (Å²) in [5, 5.41) is 8.52. The number of likely N-dealkylation sites (N-methyl/N-ethyl adjacent to an activating group) is 1. The van der Waals surface area contributed by atoms with Crippen molar-refractivity contribution in [1.82, 2.24) is 19.9 Å². The molecule has 6 rings (SSSR count). The Morgan fingerprint density at radius 1 is 1.15 bits per heavy atom. The zero-order valence-electron chi connectivity index (χ0n) is 22.3. The fourth-order valence-corrected chi connectivity index (χ4v) is 6.64. The summed E-state index contributed by atoms with van der Waals surface area (Å²) in [7, 11) is 1.23. The standard InChI is InChI=1S/C27H31ClN7O3P/c1-34-9-10-35-16(14-34)15-38-22-11-19(21(37-2)12-20(22)35)31-27-32-25-24(17(28)13-29-25)26(33-27)30-18-7-5-6-8-23(18)39(3,4)36/h5-8,11-13,16H,9-10,14-15H2,1-4H3,(H3,29,30,31,32,33)/t16-/m1/s1. The highest BCUT2D eigenvalue weighted by atomic mass is 35.5. The molecule has 2 aromatic carbocycles. The fourth-order valence-electron chi connectivity index (χ4n) is 5.25. The third-order valence-electron chi connectivity index (χ3n) is 7.17. The first-order chi connectivity index (χ1) is 18.7. The van der Waals surface area contributed by atoms with Gasteiger partial charge in [0.1, 0.15) is 36.7 Å². The maximum absolute atomic E-state index is 13.0. The molecule has 0 aliphatic carbocycles. The summed E-state index contributed by atoms with van der Waals surface area (Å²) in [6.45, 7) is 6.99. The molecule has 0 bridgehead atoms. The molecule has 2 aromatic heterocycles. The molecule has 2 aliphatic rings. The van der Waals surface area contributed by atoms with Crippen molar-refractivity contribution in [3.63, 3.8) is 0 Å². The van der Waals surface area contributed by atoms with E-state index in [4.69, 9.17) is 26.1 Å². The Bertz CT molecular complexity index is 1600. The lowest BCUT2D eigenvalue weighted by Crippen LogP contribution is -2.56. The van der Waals surface area contributed by atoms with Crippen LogP contribution in [-0.4, -0.2) is 79.6 Å². The number of hydrogen-bond donors (Lipinski definition) is 3. The Morgan fingerprint density at radius 3 is 2.77 bits per heavy atom. The van der Waals surface area contributed by atoms with E-state index in [1.54, 1.807) is 26.6 Å². The van der Waals surface area contributed by atoms with Crippen LogP contribution < -0.4 is 30.3 Å². The minimum Gasteiger partial charge on any atom is -0.494 e. The van der Waals surface area contributed by atoms with Gasteiger partial charge in [-0.1, -0.05) is 23.7 Å². The summed E-state index contributed by atoms with van der Waals surface area (Å²) >= 11 is 6.51. The first-order valence-electron chi connectivity index (χ1n) is 12.7. The number of aromatic amines is 1. The van der Waals surface area contributed by atoms with Gasteiger partial charge in [-0.2, -0.15) is 9.97 Å². The Morgan fingerprint density at radius 2 is 1.97 bits per heavy atom. The van der Waals surface area contributed by atoms with E-state index in [0.29, 0.717) is 57.6 Å². The maximum atomic E-state index is 13.0. The van der Waals surface area contributed by atoms with Crippen LogP contribution in [-0.2, 0) is 4.57 Å². The number of rotatable bonds is 6. The molecule has 204 valence electrons. The topological polar surface area (TPSA) is 108 Å². The van der Waals surface area contributed by atoms with E-state index in [1.165, 1.54) is 0 Å². The summed E-state index contributed by atoms with van der Waals surface area (Å²) in [5.74, 6) is 2.27. The molecule has 4 heterocycles. The molecule has 1 fully saturated rings. The van der Waals surface area contributed by atoms with Gasteiger partial charge in [0.25, 0.3) is 0 Å². The molecule has 12 heteroatoms. The normalized spacial score (nSPS) is 17.4. The quantitative estimate of drug-likeness (QED) is 0.281. The van der Waals surface area contributed by atoms with Gasteiger partial charge in [0.15, 0.2) is 0 Å². The molecular formula is C27H31ClN7O3P. The Kier molecular flexibility index (Phi) is 6.57. The SMILES string of the molecule is COc1cc2c(cc1Nc1nc(Nc3ccccc3P(C)(C)=O)c3c(Cl)c[nH]c3n1)OC[C@H]1CN(C)CCN21. The van der Waals surface area contributed by atoms with E-state index >= 15 is 0 Å². The molecule has 2 aliphatic heterocycles. The van der Waals surface area contributed by atoms with E-state index in [9.17, 15) is 4.57 Å². The predicted molar refractivity (Wildman–Crippen MR) is 158 cm³/mol. The monoisotopic (exact) mass is 567 g/mol. The van der Waals surface area contributed by atoms with E-state index in [0.717, 1.165) is 36.4 Å². The number of aromatic nitrogens is 3. The van der Waals surface area contributed by atoms with Crippen molar-refractivity contribution in [2.75, 3.05) is 69.3 Å². The highest BCUT2D eigenvalue weighted by Crippen LogP contribution is 2.44. The van der Waals surface area contributed by atoms with Gasteiger partial charge in [0.05, 0.1) is 40.6 Å². The van der Waals surface area contributed by atoms with Crippen molar-refractivity contribution in [1.29, 1.82) is 0 Å². The smallest absolute Gasteiger partial charge is 0.231 e. The van der Waals surface area contributed by atoms with E-state index in [2.05, 4.69) is 37.4 Å². The fraction of sp³-hybridized carbons (Fsp3) is 0.333. The highest BCUT2D eigenvalue weighted by Gasteiger charge is 2.33. The summed E-state index contributed by atoms with van der Waals surface area (Å²) in [6.07, 6.45) is 1.67. The molecule has 1 saturated heterocycles. The van der Waals surface area contributed by atoms with Gasteiger partial charge in [-0.05, 0) is 32.5 Å². The first-order valence-corrected chi connectivity index (χ1v) is 15.7. The number of hydrogen-bond acceptors (Lipinski definition) is 9. The Balaban J connectivity index is 1.37. The van der Waals surface area contributed by atoms with E-state index < -0.39 is 7.14 Å². The average Bonchev–Trinajstić information content (AvgIpc) is 3.28. The van der Waals surface area contributed by atoms with Gasteiger partial charge < -0.3 is 39.5 Å². The molecule has 0 spiro atoms. The summed E-state index contributed by atoms with van der Waals surface area (Å²) in [6, 6.07) is 11.8. The lowest BCUT2D eigenvalue weighted by Gasteiger charge is -2.44. The third-order valence-corrected chi connectivity index (χ3v) is 9.02. The van der Waals surface area contributed by atoms with Crippen molar-refractivity contribution in [2.24, 2.45) is 0 Å². The minimum absolute atomic E-state index is 0.307. The molecular weight excluding hydrogens is 537 g/mol. The van der Waals surface area contributed by atoms with Crippen molar-refractivity contribution >= 4 is 63.9 Å². The number of piperazine rings is 1. The number of methoxy groups -OCH3 is 1. The number of para-hydroxylation sites is 1. The maximum Gasteiger partial charge on any atom is 0.231 e. The second-order valence-electron chi connectivity index (χ2n) is 10.3. The molecule has 1 atom stereocenters. The average molecular weight is 568 g/mol. The number of anilines is 5. The van der Waals surface area contributed by atoms with Crippen molar-refractivity contribution in [3.8, 4) is 11.5 Å². The number of fused-ring (bicyclic) bond motifs is 4. The summed E-state index contributed by atoms with van der Waals surface area (Å²) in [5.41, 5.74) is 2.97. The molecule has 10 nitrogen and oxygen atoms in total. The molecule has 0 unspecified atom stereocenters. The van der Waals surface area contributed by atoms with Gasteiger partial charge in [-0.15, -0.1) is 0 Å². The number of H-pyrrole nitrogens is 1. The second kappa shape index (κ2) is 9.93. The second-order valence-corrected chi connectivity index (χ2v) is 13.9. The zero-order chi connectivity index (χ0) is 27.3. The van der Waals surface area contributed by atoms with Crippen LogP contribution in [0.3, 0.4) is 0 Å².